The molecule has 3 atom stereocenters. The number of rotatable bonds is 17. The average molecular weight is 574 g/mol. The molecule has 1 saturated carbocycles. The van der Waals surface area contributed by atoms with Crippen LogP contribution in [0.5, 0.6) is 0 Å². The summed E-state index contributed by atoms with van der Waals surface area (Å²) in [6.45, 7) is 19.1. The van der Waals surface area contributed by atoms with Gasteiger partial charge in [0.25, 0.3) is 0 Å². The fourth-order valence-corrected chi connectivity index (χ4v) is 4.20. The minimum Gasteiger partial charge on any atom is -0.330 e. The minimum atomic E-state index is 0.386. The molecule has 1 aliphatic rings. The van der Waals surface area contributed by atoms with Crippen molar-refractivity contribution in [2.45, 2.75) is 202 Å². The quantitative estimate of drug-likeness (QED) is 0.111. The summed E-state index contributed by atoms with van der Waals surface area (Å²) in [4.78, 5) is 0. The highest BCUT2D eigenvalue weighted by Crippen LogP contribution is 2.21. The fraction of sp³-hybridized carbons (Fsp3) is 1.00. The molecule has 10 N–H and O–H groups in total. The molecule has 5 heteroatoms. The van der Waals surface area contributed by atoms with E-state index < -0.39 is 0 Å². The molecule has 0 amide bonds. The van der Waals surface area contributed by atoms with Gasteiger partial charge in [-0.05, 0) is 90.6 Å². The third-order valence-corrected chi connectivity index (χ3v) is 7.09. The van der Waals surface area contributed by atoms with E-state index in [0.29, 0.717) is 18.1 Å². The van der Waals surface area contributed by atoms with Crippen molar-refractivity contribution >= 4 is 0 Å². The predicted molar refractivity (Wildman–Crippen MR) is 187 cm³/mol. The second kappa shape index (κ2) is 40.9. The summed E-state index contributed by atoms with van der Waals surface area (Å²) in [5.74, 6) is 1.67. The lowest BCUT2D eigenvalue weighted by Crippen LogP contribution is -2.16. The summed E-state index contributed by atoms with van der Waals surface area (Å²) in [5.41, 5.74) is 27.4. The summed E-state index contributed by atoms with van der Waals surface area (Å²) in [6.07, 6.45) is 26.3. The van der Waals surface area contributed by atoms with E-state index in [-0.39, 0.29) is 0 Å². The first-order valence-electron chi connectivity index (χ1n) is 17.7. The molecule has 1 fully saturated rings. The summed E-state index contributed by atoms with van der Waals surface area (Å²) in [5, 5.41) is 0. The lowest BCUT2D eigenvalue weighted by Gasteiger charge is -2.18. The maximum atomic E-state index is 5.57. The molecule has 0 bridgehead atoms. The minimum absolute atomic E-state index is 0.386. The van der Waals surface area contributed by atoms with Gasteiger partial charge in [-0.3, -0.25) is 0 Å². The average Bonchev–Trinajstić information content (AvgIpc) is 2.92. The Morgan fingerprint density at radius 1 is 0.500 bits per heavy atom. The highest BCUT2D eigenvalue weighted by atomic mass is 14.6. The van der Waals surface area contributed by atoms with Gasteiger partial charge in [0.15, 0.2) is 0 Å². The molecule has 1 aliphatic carbocycles. The Morgan fingerprint density at radius 3 is 1.20 bits per heavy atom. The standard InChI is InChI=1S/C8H19N.C7H15N.2C7H17N.C6H15N/c1-3-4-5-6-7-8(2)9;8-6-7-4-2-1-3-5-7;1-6(2)4-5-7(3)8;1-3-4-5-6-7(2)8;1-2-3-4-5-6-7/h8H,3-7,9H2,1-2H3;7H,1-6,8H2;6-7H,4-5,8H2,1-3H3;7H,3-6,8H2,1-2H3;2-7H2,1H3. The Hall–Kier alpha value is -0.200. The molecule has 0 aromatic carbocycles. The number of hydrogen-bond donors (Lipinski definition) is 5. The van der Waals surface area contributed by atoms with Crippen LogP contribution in [0.1, 0.15) is 184 Å². The molecule has 248 valence electrons. The van der Waals surface area contributed by atoms with Gasteiger partial charge in [0.2, 0.25) is 0 Å². The zero-order chi connectivity index (χ0) is 31.4. The topological polar surface area (TPSA) is 130 Å². The third-order valence-electron chi connectivity index (χ3n) is 7.09. The van der Waals surface area contributed by atoms with Crippen molar-refractivity contribution in [1.29, 1.82) is 0 Å². The largest absolute Gasteiger partial charge is 0.330 e. The van der Waals surface area contributed by atoms with Gasteiger partial charge < -0.3 is 28.7 Å². The van der Waals surface area contributed by atoms with E-state index in [1.165, 1.54) is 122 Å². The van der Waals surface area contributed by atoms with Crippen LogP contribution in [-0.2, 0) is 0 Å². The van der Waals surface area contributed by atoms with Gasteiger partial charge in [-0.15, -0.1) is 0 Å². The van der Waals surface area contributed by atoms with Crippen LogP contribution in [0.15, 0.2) is 0 Å². The van der Waals surface area contributed by atoms with Crippen LogP contribution in [0.4, 0.5) is 0 Å². The first-order valence-corrected chi connectivity index (χ1v) is 17.7. The first kappa shape index (κ1) is 46.7. The van der Waals surface area contributed by atoms with Gasteiger partial charge in [0.1, 0.15) is 0 Å². The van der Waals surface area contributed by atoms with Gasteiger partial charge >= 0.3 is 0 Å². The van der Waals surface area contributed by atoms with E-state index in [0.717, 1.165) is 31.3 Å². The molecule has 0 spiro atoms. The van der Waals surface area contributed by atoms with E-state index in [2.05, 4.69) is 55.4 Å². The summed E-state index contributed by atoms with van der Waals surface area (Å²) < 4.78 is 0. The SMILES string of the molecule is CC(C)CCC(C)N.CCCCCC(C)N.CCCCCCC(C)N.CCCCCCN.NCC1CCCCC1. The summed E-state index contributed by atoms with van der Waals surface area (Å²) >= 11 is 0. The van der Waals surface area contributed by atoms with Crippen LogP contribution in [-0.4, -0.2) is 31.2 Å². The molecule has 3 unspecified atom stereocenters. The highest BCUT2D eigenvalue weighted by molar-refractivity contribution is 4.65. The maximum absolute atomic E-state index is 5.57. The van der Waals surface area contributed by atoms with Crippen molar-refractivity contribution in [3.63, 3.8) is 0 Å². The molecule has 40 heavy (non-hydrogen) atoms. The molecular weight excluding hydrogens is 490 g/mol. The van der Waals surface area contributed by atoms with Crippen molar-refractivity contribution in [3.8, 4) is 0 Å². The molecule has 1 rings (SSSR count). The Morgan fingerprint density at radius 2 is 0.900 bits per heavy atom. The molecule has 0 aromatic heterocycles. The lowest BCUT2D eigenvalue weighted by atomic mass is 9.90. The Balaban J connectivity index is -0.000000203. The molecule has 0 aromatic rings. The van der Waals surface area contributed by atoms with Crippen molar-refractivity contribution in [2.75, 3.05) is 13.1 Å². The van der Waals surface area contributed by atoms with Crippen LogP contribution < -0.4 is 28.7 Å². The molecule has 5 nitrogen and oxygen atoms in total. The van der Waals surface area contributed by atoms with Crippen molar-refractivity contribution in [3.05, 3.63) is 0 Å². The Labute approximate surface area is 255 Å². The van der Waals surface area contributed by atoms with Crippen molar-refractivity contribution in [1.82, 2.24) is 0 Å². The van der Waals surface area contributed by atoms with Crippen molar-refractivity contribution < 1.29 is 0 Å². The van der Waals surface area contributed by atoms with E-state index in [4.69, 9.17) is 28.7 Å². The molecular formula is C35H83N5. The van der Waals surface area contributed by atoms with Gasteiger partial charge in [-0.25, -0.2) is 0 Å². The van der Waals surface area contributed by atoms with Gasteiger partial charge in [0.05, 0.1) is 0 Å². The third kappa shape index (κ3) is 57.6. The van der Waals surface area contributed by atoms with E-state index in [9.17, 15) is 0 Å². The molecule has 0 radical (unpaired) electrons. The zero-order valence-corrected chi connectivity index (χ0v) is 29.3. The normalized spacial score (nSPS) is 15.2. The Kier molecular flexibility index (Phi) is 47.8. The van der Waals surface area contributed by atoms with Crippen LogP contribution in [0.25, 0.3) is 0 Å². The first-order chi connectivity index (χ1) is 19.0. The second-order valence-electron chi connectivity index (χ2n) is 12.8. The smallest absolute Gasteiger partial charge is 0.00105 e. The van der Waals surface area contributed by atoms with Crippen LogP contribution in [0, 0.1) is 11.8 Å². The molecule has 0 heterocycles. The van der Waals surface area contributed by atoms with Gasteiger partial charge in [-0.1, -0.05) is 118 Å². The van der Waals surface area contributed by atoms with Crippen molar-refractivity contribution in [2.24, 2.45) is 40.5 Å². The summed E-state index contributed by atoms with van der Waals surface area (Å²) in [6, 6.07) is 1.20. The van der Waals surface area contributed by atoms with Gasteiger partial charge in [-0.2, -0.15) is 0 Å². The Bertz CT molecular complexity index is 381. The maximum Gasteiger partial charge on any atom is 0.00105 e. The fourth-order valence-electron chi connectivity index (χ4n) is 4.20. The van der Waals surface area contributed by atoms with Crippen LogP contribution >= 0.6 is 0 Å². The van der Waals surface area contributed by atoms with E-state index >= 15 is 0 Å². The van der Waals surface area contributed by atoms with E-state index in [1.54, 1.807) is 0 Å². The monoisotopic (exact) mass is 574 g/mol. The van der Waals surface area contributed by atoms with Crippen LogP contribution in [0.3, 0.4) is 0 Å². The molecule has 0 saturated heterocycles. The zero-order valence-electron chi connectivity index (χ0n) is 29.3. The van der Waals surface area contributed by atoms with E-state index in [1.807, 2.05) is 0 Å². The van der Waals surface area contributed by atoms with Gasteiger partial charge in [0, 0.05) is 18.1 Å². The second-order valence-corrected chi connectivity index (χ2v) is 12.8. The predicted octanol–water partition coefficient (Wildman–Crippen LogP) is 9.04. The highest BCUT2D eigenvalue weighted by Gasteiger charge is 2.10. The number of hydrogen-bond acceptors (Lipinski definition) is 5. The lowest BCUT2D eigenvalue weighted by molar-refractivity contribution is 0.366. The van der Waals surface area contributed by atoms with Crippen LogP contribution in [0.2, 0.25) is 0 Å². The summed E-state index contributed by atoms with van der Waals surface area (Å²) in [7, 11) is 0. The number of nitrogens with two attached hydrogens (primary N) is 5. The molecule has 0 aliphatic heterocycles. The number of unbranched alkanes of at least 4 members (excludes halogenated alkanes) is 8.